The molecule has 1 aliphatic heterocycles. The summed E-state index contributed by atoms with van der Waals surface area (Å²) >= 11 is 1.09. The van der Waals surface area contributed by atoms with Crippen molar-refractivity contribution in [2.24, 2.45) is 5.84 Å². The molecule has 2 rings (SSSR count). The van der Waals surface area contributed by atoms with Crippen LogP contribution in [-0.4, -0.2) is 40.6 Å². The Hall–Kier alpha value is -2.26. The summed E-state index contributed by atoms with van der Waals surface area (Å²) in [5.74, 6) is 2.81. The molecule has 1 aromatic rings. The average Bonchev–Trinajstić information content (AvgIpc) is 2.94. The molecule has 0 atom stereocenters. The zero-order valence-corrected chi connectivity index (χ0v) is 10.7. The highest BCUT2D eigenvalue weighted by atomic mass is 32.1. The van der Waals surface area contributed by atoms with Crippen LogP contribution in [0.4, 0.5) is 4.79 Å². The Morgan fingerprint density at radius 1 is 1.32 bits per heavy atom. The normalized spacial score (nSPS) is 15.4. The summed E-state index contributed by atoms with van der Waals surface area (Å²) in [6, 6.07) is 2.45. The minimum Gasteiger partial charge on any atom is -0.289 e. The van der Waals surface area contributed by atoms with E-state index in [1.54, 1.807) is 6.07 Å². The molecule has 0 bridgehead atoms. The van der Waals surface area contributed by atoms with Gasteiger partial charge in [0, 0.05) is 11.9 Å². The molecular formula is C10H10N4O4S. The summed E-state index contributed by atoms with van der Waals surface area (Å²) in [6.45, 7) is -0.0454. The van der Waals surface area contributed by atoms with Crippen molar-refractivity contribution in [2.45, 2.75) is 6.54 Å². The predicted molar refractivity (Wildman–Crippen MR) is 64.7 cm³/mol. The molecule has 1 aliphatic rings. The van der Waals surface area contributed by atoms with Gasteiger partial charge in [-0.1, -0.05) is 0 Å². The first kappa shape index (κ1) is 13.2. The number of amides is 5. The summed E-state index contributed by atoms with van der Waals surface area (Å²) in [5, 5.41) is 0. The average molecular weight is 282 g/mol. The van der Waals surface area contributed by atoms with E-state index in [4.69, 9.17) is 5.84 Å². The molecule has 0 aliphatic carbocycles. The Morgan fingerprint density at radius 2 is 2.00 bits per heavy atom. The lowest BCUT2D eigenvalue weighted by atomic mass is 10.4. The van der Waals surface area contributed by atoms with E-state index in [0.29, 0.717) is 9.75 Å². The van der Waals surface area contributed by atoms with Crippen molar-refractivity contribution in [3.8, 4) is 0 Å². The van der Waals surface area contributed by atoms with E-state index in [1.165, 1.54) is 13.1 Å². The third-order valence-corrected chi connectivity index (χ3v) is 3.65. The summed E-state index contributed by atoms with van der Waals surface area (Å²) in [5.41, 5.74) is 1.98. The van der Waals surface area contributed by atoms with Gasteiger partial charge in [-0.2, -0.15) is 0 Å². The zero-order chi connectivity index (χ0) is 14.2. The van der Waals surface area contributed by atoms with Gasteiger partial charge in [0.05, 0.1) is 11.4 Å². The number of imide groups is 2. The third-order valence-electron chi connectivity index (χ3n) is 2.58. The first-order valence-corrected chi connectivity index (χ1v) is 6.00. The SMILES string of the molecule is CN1C(=O)C(=O)N(Cc2ccc(C(=O)NN)s2)C1=O. The summed E-state index contributed by atoms with van der Waals surface area (Å²) < 4.78 is 0. The number of hydrazine groups is 1. The largest absolute Gasteiger partial charge is 0.334 e. The molecule has 0 spiro atoms. The van der Waals surface area contributed by atoms with Crippen LogP contribution in [0.15, 0.2) is 12.1 Å². The number of likely N-dealkylation sites (N-methyl/N-ethyl adjacent to an activating group) is 1. The highest BCUT2D eigenvalue weighted by Gasteiger charge is 2.42. The molecule has 0 saturated carbocycles. The summed E-state index contributed by atoms with van der Waals surface area (Å²) in [6.07, 6.45) is 0. The van der Waals surface area contributed by atoms with Gasteiger partial charge in [0.15, 0.2) is 0 Å². The van der Waals surface area contributed by atoms with Crippen LogP contribution in [0.1, 0.15) is 14.5 Å². The van der Waals surface area contributed by atoms with E-state index < -0.39 is 23.8 Å². The predicted octanol–water partition coefficient (Wildman–Crippen LogP) is -0.728. The molecule has 9 heteroatoms. The van der Waals surface area contributed by atoms with Gasteiger partial charge < -0.3 is 0 Å². The molecule has 100 valence electrons. The van der Waals surface area contributed by atoms with Gasteiger partial charge in [-0.25, -0.2) is 10.6 Å². The number of nitrogens with zero attached hydrogens (tertiary/aromatic N) is 2. The second-order valence-electron chi connectivity index (χ2n) is 3.78. The van der Waals surface area contributed by atoms with E-state index in [0.717, 1.165) is 21.1 Å². The number of thiophene rings is 1. The van der Waals surface area contributed by atoms with Crippen molar-refractivity contribution >= 4 is 35.1 Å². The Bertz CT molecular complexity index is 582. The molecule has 19 heavy (non-hydrogen) atoms. The lowest BCUT2D eigenvalue weighted by Gasteiger charge is -2.10. The number of hydrogen-bond acceptors (Lipinski definition) is 6. The van der Waals surface area contributed by atoms with Crippen LogP contribution in [-0.2, 0) is 16.1 Å². The number of nitrogen functional groups attached to an aromatic ring is 1. The number of urea groups is 1. The molecule has 1 saturated heterocycles. The molecule has 8 nitrogen and oxygen atoms in total. The van der Waals surface area contributed by atoms with Crippen molar-refractivity contribution in [3.63, 3.8) is 0 Å². The fraction of sp³-hybridized carbons (Fsp3) is 0.200. The van der Waals surface area contributed by atoms with Gasteiger partial charge in [-0.05, 0) is 12.1 Å². The van der Waals surface area contributed by atoms with Crippen LogP contribution < -0.4 is 11.3 Å². The van der Waals surface area contributed by atoms with E-state index in [1.807, 2.05) is 5.43 Å². The molecule has 0 aromatic carbocycles. The third kappa shape index (κ3) is 2.20. The summed E-state index contributed by atoms with van der Waals surface area (Å²) in [4.78, 5) is 48.3. The monoisotopic (exact) mass is 282 g/mol. The maximum absolute atomic E-state index is 11.6. The maximum atomic E-state index is 11.6. The number of nitrogens with two attached hydrogens (primary N) is 1. The van der Waals surface area contributed by atoms with E-state index in [2.05, 4.69) is 0 Å². The van der Waals surface area contributed by atoms with Crippen LogP contribution in [0.3, 0.4) is 0 Å². The lowest BCUT2D eigenvalue weighted by Crippen LogP contribution is -2.30. The molecule has 2 heterocycles. The van der Waals surface area contributed by atoms with E-state index in [9.17, 15) is 19.2 Å². The van der Waals surface area contributed by atoms with Crippen molar-refractivity contribution < 1.29 is 19.2 Å². The lowest BCUT2D eigenvalue weighted by molar-refractivity contribution is -0.143. The molecule has 5 amide bonds. The fourth-order valence-electron chi connectivity index (χ4n) is 1.57. The highest BCUT2D eigenvalue weighted by molar-refractivity contribution is 7.14. The number of rotatable bonds is 3. The Morgan fingerprint density at radius 3 is 2.53 bits per heavy atom. The Kier molecular flexibility index (Phi) is 3.32. The molecule has 0 radical (unpaired) electrons. The first-order valence-electron chi connectivity index (χ1n) is 5.19. The molecule has 1 aromatic heterocycles. The van der Waals surface area contributed by atoms with Crippen molar-refractivity contribution in [1.29, 1.82) is 0 Å². The van der Waals surface area contributed by atoms with Crippen LogP contribution >= 0.6 is 11.3 Å². The van der Waals surface area contributed by atoms with Gasteiger partial charge in [0.2, 0.25) is 0 Å². The molecule has 1 fully saturated rings. The molecule has 0 unspecified atom stereocenters. The van der Waals surface area contributed by atoms with Gasteiger partial charge in [0.1, 0.15) is 0 Å². The zero-order valence-electron chi connectivity index (χ0n) is 9.87. The minimum atomic E-state index is -0.870. The quantitative estimate of drug-likeness (QED) is 0.249. The standard InChI is InChI=1S/C10H10N4O4S/c1-13-8(16)9(17)14(10(13)18)4-5-2-3-6(19-5)7(15)12-11/h2-3H,4,11H2,1H3,(H,12,15). The van der Waals surface area contributed by atoms with Crippen LogP contribution in [0.2, 0.25) is 0 Å². The van der Waals surface area contributed by atoms with Gasteiger partial charge in [-0.15, -0.1) is 11.3 Å². The minimum absolute atomic E-state index is 0.0454. The smallest absolute Gasteiger partial charge is 0.289 e. The van der Waals surface area contributed by atoms with Gasteiger partial charge in [0.25, 0.3) is 5.91 Å². The first-order chi connectivity index (χ1) is 8.95. The van der Waals surface area contributed by atoms with Gasteiger partial charge in [-0.3, -0.25) is 29.6 Å². The molecule has 3 N–H and O–H groups in total. The van der Waals surface area contributed by atoms with Crippen molar-refractivity contribution in [1.82, 2.24) is 15.2 Å². The topological polar surface area (TPSA) is 113 Å². The maximum Gasteiger partial charge on any atom is 0.334 e. The Labute approximate surface area is 111 Å². The van der Waals surface area contributed by atoms with E-state index >= 15 is 0 Å². The molecular weight excluding hydrogens is 272 g/mol. The van der Waals surface area contributed by atoms with Crippen LogP contribution in [0.25, 0.3) is 0 Å². The number of hydrogen-bond donors (Lipinski definition) is 2. The Balaban J connectivity index is 2.16. The summed E-state index contributed by atoms with van der Waals surface area (Å²) in [7, 11) is 1.24. The van der Waals surface area contributed by atoms with Crippen LogP contribution in [0.5, 0.6) is 0 Å². The second kappa shape index (κ2) is 4.78. The van der Waals surface area contributed by atoms with Gasteiger partial charge >= 0.3 is 17.8 Å². The number of carbonyl (C=O) groups is 4. The number of nitrogens with one attached hydrogen (secondary N) is 1. The van der Waals surface area contributed by atoms with Crippen LogP contribution in [0, 0.1) is 0 Å². The number of carbonyl (C=O) groups excluding carboxylic acids is 4. The fourth-order valence-corrected chi connectivity index (χ4v) is 2.46. The second-order valence-corrected chi connectivity index (χ2v) is 4.95. The van der Waals surface area contributed by atoms with Crippen molar-refractivity contribution in [2.75, 3.05) is 7.05 Å². The van der Waals surface area contributed by atoms with Crippen molar-refractivity contribution in [3.05, 3.63) is 21.9 Å². The highest BCUT2D eigenvalue weighted by Crippen LogP contribution is 2.21. The van der Waals surface area contributed by atoms with E-state index in [-0.39, 0.29) is 6.54 Å².